The number of benzene rings is 1. The summed E-state index contributed by atoms with van der Waals surface area (Å²) in [5, 5.41) is 2.08. The maximum Gasteiger partial charge on any atom is 0.417 e. The summed E-state index contributed by atoms with van der Waals surface area (Å²) in [7, 11) is 0. The molecule has 0 spiro atoms. The Hall–Kier alpha value is -1.56. The first kappa shape index (κ1) is 14.8. The number of nitrogens with two attached hydrogens (primary N) is 1. The Kier molecular flexibility index (Phi) is 4.04. The predicted octanol–water partition coefficient (Wildman–Crippen LogP) is 1.50. The fourth-order valence-corrected chi connectivity index (χ4v) is 2.70. The van der Waals surface area contributed by atoms with Crippen molar-refractivity contribution in [3.63, 3.8) is 0 Å². The van der Waals surface area contributed by atoms with Gasteiger partial charge >= 0.3 is 6.18 Å². The molecule has 2 unspecified atom stereocenters. The zero-order valence-corrected chi connectivity index (χ0v) is 11.4. The van der Waals surface area contributed by atoms with Crippen LogP contribution in [-0.2, 0) is 6.18 Å². The summed E-state index contributed by atoms with van der Waals surface area (Å²) in [6.07, 6.45) is -4.51. The molecule has 0 aliphatic carbocycles. The predicted molar refractivity (Wildman–Crippen MR) is 68.2 cm³/mol. The lowest BCUT2D eigenvalue weighted by atomic mass is 10.0. The van der Waals surface area contributed by atoms with E-state index in [0.29, 0.717) is 13.1 Å². The van der Waals surface area contributed by atoms with Gasteiger partial charge in [-0.05, 0) is 26.0 Å². The van der Waals surface area contributed by atoms with Gasteiger partial charge in [-0.25, -0.2) is 0 Å². The SMILES string of the molecule is CC1C[NH2+]CC(C)N1C(=O)c1ccccc1C(F)(F)F. The number of halogens is 3. The highest BCUT2D eigenvalue weighted by atomic mass is 19.4. The molecule has 0 aromatic heterocycles. The lowest BCUT2D eigenvalue weighted by molar-refractivity contribution is -0.672. The zero-order chi connectivity index (χ0) is 14.9. The highest BCUT2D eigenvalue weighted by molar-refractivity contribution is 5.96. The van der Waals surface area contributed by atoms with Crippen molar-refractivity contribution in [3.05, 3.63) is 35.4 Å². The average molecular weight is 287 g/mol. The van der Waals surface area contributed by atoms with Gasteiger partial charge in [0.15, 0.2) is 0 Å². The largest absolute Gasteiger partial charge is 0.417 e. The maximum atomic E-state index is 13.0. The fraction of sp³-hybridized carbons (Fsp3) is 0.500. The number of piperazine rings is 1. The van der Waals surface area contributed by atoms with Crippen molar-refractivity contribution >= 4 is 5.91 Å². The maximum absolute atomic E-state index is 13.0. The van der Waals surface area contributed by atoms with Crippen LogP contribution in [0.4, 0.5) is 13.2 Å². The van der Waals surface area contributed by atoms with Crippen LogP contribution >= 0.6 is 0 Å². The smallest absolute Gasteiger partial charge is 0.343 e. The van der Waals surface area contributed by atoms with Crippen molar-refractivity contribution in [1.29, 1.82) is 0 Å². The lowest BCUT2D eigenvalue weighted by Gasteiger charge is -2.37. The molecule has 3 nitrogen and oxygen atoms in total. The van der Waals surface area contributed by atoms with Gasteiger partial charge in [-0.3, -0.25) is 4.79 Å². The highest BCUT2D eigenvalue weighted by Gasteiger charge is 2.38. The van der Waals surface area contributed by atoms with Crippen LogP contribution in [0.1, 0.15) is 29.8 Å². The number of hydrogen-bond donors (Lipinski definition) is 1. The lowest BCUT2D eigenvalue weighted by Crippen LogP contribution is -2.93. The molecule has 1 aliphatic heterocycles. The van der Waals surface area contributed by atoms with Gasteiger partial charge in [0, 0.05) is 0 Å². The molecule has 1 aromatic rings. The zero-order valence-electron chi connectivity index (χ0n) is 11.4. The van der Waals surface area contributed by atoms with Gasteiger partial charge in [-0.1, -0.05) is 12.1 Å². The van der Waals surface area contributed by atoms with Crippen molar-refractivity contribution < 1.29 is 23.3 Å². The summed E-state index contributed by atoms with van der Waals surface area (Å²) >= 11 is 0. The van der Waals surface area contributed by atoms with Crippen molar-refractivity contribution in [2.24, 2.45) is 0 Å². The van der Waals surface area contributed by atoms with Crippen LogP contribution in [0.5, 0.6) is 0 Å². The molecule has 0 bridgehead atoms. The Morgan fingerprint density at radius 1 is 1.20 bits per heavy atom. The van der Waals surface area contributed by atoms with Crippen LogP contribution in [0.3, 0.4) is 0 Å². The van der Waals surface area contributed by atoms with Gasteiger partial charge in [0.25, 0.3) is 5.91 Å². The molecule has 2 N–H and O–H groups in total. The molecule has 1 heterocycles. The average Bonchev–Trinajstić information content (AvgIpc) is 2.37. The summed E-state index contributed by atoms with van der Waals surface area (Å²) < 4.78 is 39.0. The third-order valence-corrected chi connectivity index (χ3v) is 3.66. The van der Waals surface area contributed by atoms with E-state index in [-0.39, 0.29) is 17.6 Å². The molecule has 1 aliphatic rings. The number of hydrogen-bond acceptors (Lipinski definition) is 1. The molecule has 20 heavy (non-hydrogen) atoms. The molecule has 1 fully saturated rings. The third kappa shape index (κ3) is 2.80. The van der Waals surface area contributed by atoms with Crippen LogP contribution in [0, 0.1) is 0 Å². The normalized spacial score (nSPS) is 23.8. The molecule has 1 aromatic carbocycles. The molecule has 1 amide bonds. The van der Waals surface area contributed by atoms with Gasteiger partial charge in [0.2, 0.25) is 0 Å². The summed E-state index contributed by atoms with van der Waals surface area (Å²) in [6, 6.07) is 4.83. The number of nitrogens with zero attached hydrogens (tertiary/aromatic N) is 1. The number of amides is 1. The summed E-state index contributed by atoms with van der Waals surface area (Å²) in [6.45, 7) is 5.15. The van der Waals surface area contributed by atoms with Gasteiger partial charge in [0.1, 0.15) is 0 Å². The molecular formula is C14H18F3N2O+. The first-order chi connectivity index (χ1) is 9.32. The summed E-state index contributed by atoms with van der Waals surface area (Å²) in [5.74, 6) is -0.536. The van der Waals surface area contributed by atoms with E-state index in [1.54, 1.807) is 4.90 Å². The van der Waals surface area contributed by atoms with E-state index >= 15 is 0 Å². The Morgan fingerprint density at radius 2 is 1.75 bits per heavy atom. The second kappa shape index (κ2) is 5.44. The van der Waals surface area contributed by atoms with Crippen molar-refractivity contribution in [2.45, 2.75) is 32.1 Å². The molecule has 2 atom stereocenters. The minimum Gasteiger partial charge on any atom is -0.343 e. The highest BCUT2D eigenvalue weighted by Crippen LogP contribution is 2.32. The monoisotopic (exact) mass is 287 g/mol. The van der Waals surface area contributed by atoms with E-state index in [4.69, 9.17) is 0 Å². The first-order valence-electron chi connectivity index (χ1n) is 6.63. The van der Waals surface area contributed by atoms with Crippen LogP contribution < -0.4 is 5.32 Å². The van der Waals surface area contributed by atoms with E-state index in [1.165, 1.54) is 18.2 Å². The van der Waals surface area contributed by atoms with Gasteiger partial charge in [0.05, 0.1) is 36.3 Å². The number of quaternary nitrogens is 1. The van der Waals surface area contributed by atoms with Crippen LogP contribution in [0.15, 0.2) is 24.3 Å². The fourth-order valence-electron chi connectivity index (χ4n) is 2.70. The second-order valence-corrected chi connectivity index (χ2v) is 5.21. The number of alkyl halides is 3. The molecule has 2 rings (SSSR count). The third-order valence-electron chi connectivity index (χ3n) is 3.66. The number of rotatable bonds is 1. The first-order valence-corrected chi connectivity index (χ1v) is 6.63. The second-order valence-electron chi connectivity index (χ2n) is 5.21. The van der Waals surface area contributed by atoms with E-state index in [0.717, 1.165) is 6.07 Å². The Bertz CT molecular complexity index is 491. The topological polar surface area (TPSA) is 36.9 Å². The van der Waals surface area contributed by atoms with E-state index < -0.39 is 17.6 Å². The summed E-state index contributed by atoms with van der Waals surface area (Å²) in [5.41, 5.74) is -1.13. The molecular weight excluding hydrogens is 269 g/mol. The Morgan fingerprint density at radius 3 is 2.30 bits per heavy atom. The molecule has 110 valence electrons. The van der Waals surface area contributed by atoms with Crippen LogP contribution in [0.2, 0.25) is 0 Å². The standard InChI is InChI=1S/C14H17F3N2O/c1-9-7-18-8-10(2)19(9)13(20)11-5-3-4-6-12(11)14(15,16)17/h3-6,9-10,18H,7-8H2,1-2H3/p+1. The van der Waals surface area contributed by atoms with Crippen molar-refractivity contribution in [1.82, 2.24) is 4.90 Å². The minimum atomic E-state index is -4.51. The van der Waals surface area contributed by atoms with E-state index in [9.17, 15) is 18.0 Å². The van der Waals surface area contributed by atoms with E-state index in [1.807, 2.05) is 13.8 Å². The van der Waals surface area contributed by atoms with E-state index in [2.05, 4.69) is 5.32 Å². The van der Waals surface area contributed by atoms with Gasteiger partial charge in [-0.2, -0.15) is 13.2 Å². The molecule has 0 saturated carbocycles. The molecule has 6 heteroatoms. The minimum absolute atomic E-state index is 0.0764. The van der Waals surface area contributed by atoms with Gasteiger partial charge in [-0.15, -0.1) is 0 Å². The summed E-state index contributed by atoms with van der Waals surface area (Å²) in [4.78, 5) is 14.1. The van der Waals surface area contributed by atoms with Gasteiger partial charge < -0.3 is 10.2 Å². The molecule has 1 saturated heterocycles. The van der Waals surface area contributed by atoms with Crippen LogP contribution in [0.25, 0.3) is 0 Å². The van der Waals surface area contributed by atoms with Crippen LogP contribution in [-0.4, -0.2) is 36.0 Å². The molecule has 0 radical (unpaired) electrons. The Balaban J connectivity index is 2.38. The van der Waals surface area contributed by atoms with Crippen molar-refractivity contribution in [3.8, 4) is 0 Å². The van der Waals surface area contributed by atoms with Crippen molar-refractivity contribution in [2.75, 3.05) is 13.1 Å². The number of carbonyl (C=O) groups excluding carboxylic acids is 1. The quantitative estimate of drug-likeness (QED) is 0.835. The number of carbonyl (C=O) groups is 1. The Labute approximate surface area is 115 Å².